The Morgan fingerprint density at radius 3 is 3.19 bits per heavy atom. The summed E-state index contributed by atoms with van der Waals surface area (Å²) in [7, 11) is 1.46. The summed E-state index contributed by atoms with van der Waals surface area (Å²) in [6.07, 6.45) is 1.99. The summed E-state index contributed by atoms with van der Waals surface area (Å²) in [5, 5.41) is 2.12. The molecule has 0 aliphatic carbocycles. The molecule has 1 fully saturated rings. The van der Waals surface area contributed by atoms with Crippen LogP contribution in [-0.2, 0) is 16.1 Å². The molecule has 1 unspecified atom stereocenters. The van der Waals surface area contributed by atoms with Gasteiger partial charge in [0.15, 0.2) is 0 Å². The van der Waals surface area contributed by atoms with Gasteiger partial charge >= 0.3 is 5.97 Å². The highest BCUT2D eigenvalue weighted by molar-refractivity contribution is 9.11. The third-order valence-corrected chi connectivity index (χ3v) is 4.40. The zero-order valence-electron chi connectivity index (χ0n) is 9.11. The summed E-state index contributed by atoms with van der Waals surface area (Å²) in [4.78, 5) is 13.7. The molecule has 16 heavy (non-hydrogen) atoms. The quantitative estimate of drug-likeness (QED) is 0.804. The van der Waals surface area contributed by atoms with Crippen LogP contribution < -0.4 is 0 Å². The smallest absolute Gasteiger partial charge is 0.323 e. The van der Waals surface area contributed by atoms with E-state index >= 15 is 0 Å². The molecule has 0 aromatic carbocycles. The maximum Gasteiger partial charge on any atom is 0.323 e. The molecule has 5 heteroatoms. The van der Waals surface area contributed by atoms with Gasteiger partial charge in [-0.05, 0) is 52.3 Å². The molecular weight excluding hydrogens is 290 g/mol. The lowest BCUT2D eigenvalue weighted by molar-refractivity contribution is -0.146. The van der Waals surface area contributed by atoms with Crippen LogP contribution in [0.2, 0.25) is 0 Å². The third-order valence-electron chi connectivity index (χ3n) is 2.84. The van der Waals surface area contributed by atoms with E-state index in [-0.39, 0.29) is 12.0 Å². The molecule has 2 heterocycles. The average Bonchev–Trinajstić information content (AvgIpc) is 2.87. The normalized spacial score (nSPS) is 21.2. The molecule has 0 saturated carbocycles. The van der Waals surface area contributed by atoms with Crippen LogP contribution in [0.25, 0.3) is 0 Å². The van der Waals surface area contributed by atoms with Crippen molar-refractivity contribution >= 4 is 33.2 Å². The van der Waals surface area contributed by atoms with E-state index in [4.69, 9.17) is 4.74 Å². The van der Waals surface area contributed by atoms with Crippen molar-refractivity contribution in [1.82, 2.24) is 4.90 Å². The van der Waals surface area contributed by atoms with Crippen LogP contribution in [0.1, 0.15) is 18.4 Å². The van der Waals surface area contributed by atoms with Crippen molar-refractivity contribution in [3.8, 4) is 0 Å². The number of likely N-dealkylation sites (tertiary alicyclic amines) is 1. The first-order valence-electron chi connectivity index (χ1n) is 5.25. The molecule has 88 valence electrons. The van der Waals surface area contributed by atoms with Crippen LogP contribution in [0.4, 0.5) is 0 Å². The van der Waals surface area contributed by atoms with Gasteiger partial charge in [0.05, 0.1) is 10.9 Å². The number of nitrogens with zero attached hydrogens (tertiary/aromatic N) is 1. The zero-order valence-corrected chi connectivity index (χ0v) is 11.5. The molecule has 1 saturated heterocycles. The minimum absolute atomic E-state index is 0.0522. The second kappa shape index (κ2) is 5.29. The van der Waals surface area contributed by atoms with Crippen LogP contribution in [0, 0.1) is 0 Å². The number of methoxy groups -OCH3 is 1. The van der Waals surface area contributed by atoms with Crippen molar-refractivity contribution in [3.63, 3.8) is 0 Å². The molecule has 0 amide bonds. The van der Waals surface area contributed by atoms with Crippen molar-refractivity contribution < 1.29 is 9.53 Å². The Morgan fingerprint density at radius 2 is 2.56 bits per heavy atom. The van der Waals surface area contributed by atoms with Gasteiger partial charge in [-0.2, -0.15) is 0 Å². The molecule has 2 rings (SSSR count). The number of hydrogen-bond donors (Lipinski definition) is 0. The fourth-order valence-electron chi connectivity index (χ4n) is 2.08. The molecule has 3 nitrogen and oxygen atoms in total. The largest absolute Gasteiger partial charge is 0.468 e. The number of carbonyl (C=O) groups excluding carboxylic acids is 1. The molecule has 1 aliphatic heterocycles. The second-order valence-electron chi connectivity index (χ2n) is 3.91. The number of halogens is 1. The summed E-state index contributed by atoms with van der Waals surface area (Å²) in [6, 6.07) is 2.06. The lowest BCUT2D eigenvalue weighted by atomic mass is 10.2. The van der Waals surface area contributed by atoms with E-state index < -0.39 is 0 Å². The summed E-state index contributed by atoms with van der Waals surface area (Å²) in [6.45, 7) is 1.81. The average molecular weight is 304 g/mol. The van der Waals surface area contributed by atoms with Gasteiger partial charge < -0.3 is 4.74 Å². The van der Waals surface area contributed by atoms with Crippen LogP contribution >= 0.6 is 27.3 Å². The van der Waals surface area contributed by atoms with Gasteiger partial charge in [0.1, 0.15) is 6.04 Å². The maximum absolute atomic E-state index is 11.5. The molecular formula is C11H14BrNO2S. The highest BCUT2D eigenvalue weighted by Gasteiger charge is 2.31. The minimum Gasteiger partial charge on any atom is -0.468 e. The molecule has 1 aromatic heterocycles. The monoisotopic (exact) mass is 303 g/mol. The van der Waals surface area contributed by atoms with Gasteiger partial charge in [0, 0.05) is 6.54 Å². The van der Waals surface area contributed by atoms with E-state index in [1.54, 1.807) is 11.3 Å². The first-order valence-corrected chi connectivity index (χ1v) is 6.93. The third kappa shape index (κ3) is 2.64. The number of thiophene rings is 1. The number of carbonyl (C=O) groups is 1. The molecule has 1 atom stereocenters. The first-order chi connectivity index (χ1) is 7.70. The van der Waals surface area contributed by atoms with Gasteiger partial charge in [-0.3, -0.25) is 9.69 Å². The van der Waals surface area contributed by atoms with E-state index in [1.807, 2.05) is 0 Å². The summed E-state index contributed by atoms with van der Waals surface area (Å²) >= 11 is 5.12. The topological polar surface area (TPSA) is 29.5 Å². The first kappa shape index (κ1) is 12.1. The van der Waals surface area contributed by atoms with Gasteiger partial charge in [0.25, 0.3) is 0 Å². The number of ether oxygens (including phenoxy) is 1. The standard InChI is InChI=1S/C11H14BrNO2S/c1-15-11(14)9-3-2-4-13(9)6-8-5-10(12)16-7-8/h5,7,9H,2-4,6H2,1H3. The van der Waals surface area contributed by atoms with Crippen LogP contribution in [0.15, 0.2) is 15.2 Å². The SMILES string of the molecule is COC(=O)C1CCCN1Cc1csc(Br)c1. The molecule has 0 N–H and O–H groups in total. The van der Waals surface area contributed by atoms with Gasteiger partial charge in [-0.25, -0.2) is 0 Å². The zero-order chi connectivity index (χ0) is 11.5. The Morgan fingerprint density at radius 1 is 1.75 bits per heavy atom. The van der Waals surface area contributed by atoms with Crippen molar-refractivity contribution in [3.05, 3.63) is 20.8 Å². The fraction of sp³-hybridized carbons (Fsp3) is 0.545. The van der Waals surface area contributed by atoms with Crippen molar-refractivity contribution in [2.24, 2.45) is 0 Å². The lowest BCUT2D eigenvalue weighted by Crippen LogP contribution is -2.36. The second-order valence-corrected chi connectivity index (χ2v) is 6.20. The van der Waals surface area contributed by atoms with Crippen molar-refractivity contribution in [2.45, 2.75) is 25.4 Å². The number of esters is 1. The van der Waals surface area contributed by atoms with Crippen molar-refractivity contribution in [2.75, 3.05) is 13.7 Å². The van der Waals surface area contributed by atoms with Crippen LogP contribution in [0.3, 0.4) is 0 Å². The van der Waals surface area contributed by atoms with Gasteiger partial charge in [0.2, 0.25) is 0 Å². The predicted octanol–water partition coefficient (Wildman–Crippen LogP) is 2.65. The van der Waals surface area contributed by atoms with E-state index in [0.29, 0.717) is 0 Å². The molecule has 0 bridgehead atoms. The van der Waals surface area contributed by atoms with Crippen LogP contribution in [-0.4, -0.2) is 30.6 Å². The van der Waals surface area contributed by atoms with E-state index in [1.165, 1.54) is 12.7 Å². The highest BCUT2D eigenvalue weighted by atomic mass is 79.9. The Balaban J connectivity index is 2.01. The highest BCUT2D eigenvalue weighted by Crippen LogP contribution is 2.25. The molecule has 1 aliphatic rings. The van der Waals surface area contributed by atoms with Gasteiger partial charge in [-0.1, -0.05) is 0 Å². The Hall–Kier alpha value is -0.390. The summed E-state index contributed by atoms with van der Waals surface area (Å²) < 4.78 is 5.96. The van der Waals surface area contributed by atoms with E-state index in [9.17, 15) is 4.79 Å². The summed E-state index contributed by atoms with van der Waals surface area (Å²) in [5.74, 6) is -0.105. The lowest BCUT2D eigenvalue weighted by Gasteiger charge is -2.21. The van der Waals surface area contributed by atoms with Crippen LogP contribution in [0.5, 0.6) is 0 Å². The number of rotatable bonds is 3. The predicted molar refractivity (Wildman–Crippen MR) is 67.5 cm³/mol. The number of hydrogen-bond acceptors (Lipinski definition) is 4. The minimum atomic E-state index is -0.105. The molecule has 1 aromatic rings. The van der Waals surface area contributed by atoms with Crippen molar-refractivity contribution in [1.29, 1.82) is 0 Å². The fourth-order valence-corrected chi connectivity index (χ4v) is 3.28. The van der Waals surface area contributed by atoms with E-state index in [0.717, 1.165) is 29.7 Å². The molecule has 0 radical (unpaired) electrons. The Kier molecular flexibility index (Phi) is 4.00. The summed E-state index contributed by atoms with van der Waals surface area (Å²) in [5.41, 5.74) is 1.26. The Bertz CT molecular complexity index is 380. The Labute approximate surface area is 108 Å². The van der Waals surface area contributed by atoms with Gasteiger partial charge in [-0.15, -0.1) is 11.3 Å². The maximum atomic E-state index is 11.5. The molecule has 0 spiro atoms. The van der Waals surface area contributed by atoms with E-state index in [2.05, 4.69) is 32.3 Å².